The van der Waals surface area contributed by atoms with Gasteiger partial charge in [-0.3, -0.25) is 0 Å². The van der Waals surface area contributed by atoms with Gasteiger partial charge in [0, 0.05) is 20.1 Å². The van der Waals surface area contributed by atoms with Crippen LogP contribution in [0.1, 0.15) is 12.1 Å². The number of anilines is 1. The molecule has 90 valence electrons. The van der Waals surface area contributed by atoms with Gasteiger partial charge in [-0.05, 0) is 25.9 Å². The van der Waals surface area contributed by atoms with Gasteiger partial charge < -0.3 is 19.3 Å². The van der Waals surface area contributed by atoms with E-state index in [4.69, 9.17) is 9.52 Å². The van der Waals surface area contributed by atoms with Gasteiger partial charge in [0.25, 0.3) is 6.01 Å². The number of aliphatic hydroxyl groups excluding tert-OH is 1. The van der Waals surface area contributed by atoms with Crippen molar-refractivity contribution >= 4 is 6.01 Å². The number of aromatic nitrogens is 1. The van der Waals surface area contributed by atoms with E-state index in [1.807, 2.05) is 11.9 Å². The first-order chi connectivity index (χ1) is 7.69. The standard InChI is InChI=1S/C11H19N3O2/c1-13-4-3-9(5-13)6-14(2)11-12-10(7-15)8-16-11/h8-9,15H,3-7H2,1-2H3. The molecule has 1 saturated heterocycles. The molecule has 1 fully saturated rings. The molecular formula is C11H19N3O2. The zero-order valence-electron chi connectivity index (χ0n) is 9.89. The van der Waals surface area contributed by atoms with E-state index in [0.29, 0.717) is 17.6 Å². The van der Waals surface area contributed by atoms with Gasteiger partial charge in [0.1, 0.15) is 12.0 Å². The van der Waals surface area contributed by atoms with E-state index >= 15 is 0 Å². The number of nitrogens with zero attached hydrogens (tertiary/aromatic N) is 3. The van der Waals surface area contributed by atoms with Crippen molar-refractivity contribution in [3.8, 4) is 0 Å². The van der Waals surface area contributed by atoms with Crippen molar-refractivity contribution in [2.45, 2.75) is 13.0 Å². The molecule has 1 aromatic rings. The SMILES string of the molecule is CN1CCC(CN(C)c2nc(CO)co2)C1. The average molecular weight is 225 g/mol. The minimum atomic E-state index is -0.0660. The highest BCUT2D eigenvalue weighted by atomic mass is 16.4. The Morgan fingerprint density at radius 2 is 2.50 bits per heavy atom. The van der Waals surface area contributed by atoms with Crippen LogP contribution in [0.5, 0.6) is 0 Å². The highest BCUT2D eigenvalue weighted by Gasteiger charge is 2.22. The van der Waals surface area contributed by atoms with E-state index in [-0.39, 0.29) is 6.61 Å². The third-order valence-corrected chi connectivity index (χ3v) is 3.05. The van der Waals surface area contributed by atoms with Crippen LogP contribution in [0.25, 0.3) is 0 Å². The van der Waals surface area contributed by atoms with Crippen LogP contribution in [0.15, 0.2) is 10.7 Å². The van der Waals surface area contributed by atoms with Gasteiger partial charge in [-0.1, -0.05) is 0 Å². The van der Waals surface area contributed by atoms with E-state index in [1.54, 1.807) is 0 Å². The van der Waals surface area contributed by atoms with Crippen LogP contribution in [0.2, 0.25) is 0 Å². The fourth-order valence-electron chi connectivity index (χ4n) is 2.18. The van der Waals surface area contributed by atoms with Crippen LogP contribution in [-0.4, -0.2) is 48.7 Å². The van der Waals surface area contributed by atoms with E-state index in [1.165, 1.54) is 19.2 Å². The Hall–Kier alpha value is -1.07. The van der Waals surface area contributed by atoms with Crippen LogP contribution in [-0.2, 0) is 6.61 Å². The molecule has 0 aromatic carbocycles. The molecule has 1 aliphatic rings. The maximum absolute atomic E-state index is 8.90. The van der Waals surface area contributed by atoms with Gasteiger partial charge in [-0.2, -0.15) is 4.98 Å². The molecule has 2 rings (SSSR count). The van der Waals surface area contributed by atoms with Crippen molar-refractivity contribution < 1.29 is 9.52 Å². The Bertz CT molecular complexity index is 340. The summed E-state index contributed by atoms with van der Waals surface area (Å²) >= 11 is 0. The van der Waals surface area contributed by atoms with Crippen molar-refractivity contribution in [1.82, 2.24) is 9.88 Å². The second kappa shape index (κ2) is 4.84. The van der Waals surface area contributed by atoms with Gasteiger partial charge in [-0.25, -0.2) is 0 Å². The average Bonchev–Trinajstić information content (AvgIpc) is 2.87. The van der Waals surface area contributed by atoms with E-state index in [9.17, 15) is 0 Å². The number of hydrogen-bond donors (Lipinski definition) is 1. The van der Waals surface area contributed by atoms with Crippen molar-refractivity contribution in [1.29, 1.82) is 0 Å². The quantitative estimate of drug-likeness (QED) is 0.811. The molecule has 5 nitrogen and oxygen atoms in total. The Labute approximate surface area is 95.7 Å². The molecule has 0 amide bonds. The Kier molecular flexibility index (Phi) is 3.46. The summed E-state index contributed by atoms with van der Waals surface area (Å²) in [4.78, 5) is 8.54. The highest BCUT2D eigenvalue weighted by molar-refractivity contribution is 5.25. The monoisotopic (exact) mass is 225 g/mol. The van der Waals surface area contributed by atoms with Crippen molar-refractivity contribution in [2.75, 3.05) is 38.6 Å². The number of likely N-dealkylation sites (tertiary alicyclic amines) is 1. The molecule has 1 aromatic heterocycles. The largest absolute Gasteiger partial charge is 0.432 e. The van der Waals surface area contributed by atoms with Gasteiger partial charge >= 0.3 is 0 Å². The minimum Gasteiger partial charge on any atom is -0.432 e. The summed E-state index contributed by atoms with van der Waals surface area (Å²) < 4.78 is 5.30. The fraction of sp³-hybridized carbons (Fsp3) is 0.727. The molecule has 0 bridgehead atoms. The Balaban J connectivity index is 1.89. The van der Waals surface area contributed by atoms with Gasteiger partial charge in [-0.15, -0.1) is 0 Å². The summed E-state index contributed by atoms with van der Waals surface area (Å²) in [7, 11) is 4.13. The van der Waals surface area contributed by atoms with Crippen LogP contribution < -0.4 is 4.90 Å². The predicted molar refractivity (Wildman–Crippen MR) is 61.3 cm³/mol. The normalized spacial score (nSPS) is 21.6. The third-order valence-electron chi connectivity index (χ3n) is 3.05. The second-order valence-electron chi connectivity index (χ2n) is 4.58. The first-order valence-corrected chi connectivity index (χ1v) is 5.64. The fourth-order valence-corrected chi connectivity index (χ4v) is 2.18. The smallest absolute Gasteiger partial charge is 0.297 e. The second-order valence-corrected chi connectivity index (χ2v) is 4.58. The van der Waals surface area contributed by atoms with Crippen LogP contribution in [0, 0.1) is 5.92 Å². The number of oxazole rings is 1. The van der Waals surface area contributed by atoms with Crippen molar-refractivity contribution in [3.63, 3.8) is 0 Å². The number of rotatable bonds is 4. The lowest BCUT2D eigenvalue weighted by atomic mass is 10.1. The highest BCUT2D eigenvalue weighted by Crippen LogP contribution is 2.19. The molecule has 0 radical (unpaired) electrons. The molecule has 1 N–H and O–H groups in total. The lowest BCUT2D eigenvalue weighted by molar-refractivity contribution is 0.276. The Morgan fingerprint density at radius 1 is 1.69 bits per heavy atom. The predicted octanol–water partition coefficient (Wildman–Crippen LogP) is 0.555. The van der Waals surface area contributed by atoms with Gasteiger partial charge in [0.15, 0.2) is 0 Å². The molecule has 1 aliphatic heterocycles. The van der Waals surface area contributed by atoms with Crippen LogP contribution >= 0.6 is 0 Å². The molecule has 2 heterocycles. The molecule has 0 spiro atoms. The summed E-state index contributed by atoms with van der Waals surface area (Å²) in [5.74, 6) is 0.680. The summed E-state index contributed by atoms with van der Waals surface area (Å²) in [6, 6.07) is 0.596. The third kappa shape index (κ3) is 2.54. The maximum Gasteiger partial charge on any atom is 0.297 e. The summed E-state index contributed by atoms with van der Waals surface area (Å²) in [6.45, 7) is 3.20. The van der Waals surface area contributed by atoms with Crippen molar-refractivity contribution in [3.05, 3.63) is 12.0 Å². The number of hydrogen-bond acceptors (Lipinski definition) is 5. The topological polar surface area (TPSA) is 52.7 Å². The minimum absolute atomic E-state index is 0.0660. The summed E-state index contributed by atoms with van der Waals surface area (Å²) in [6.07, 6.45) is 2.74. The van der Waals surface area contributed by atoms with E-state index in [0.717, 1.165) is 13.1 Å². The zero-order chi connectivity index (χ0) is 11.5. The van der Waals surface area contributed by atoms with Crippen LogP contribution in [0.3, 0.4) is 0 Å². The van der Waals surface area contributed by atoms with Gasteiger partial charge in [0.2, 0.25) is 0 Å². The summed E-state index contributed by atoms with van der Waals surface area (Å²) in [5, 5.41) is 8.90. The van der Waals surface area contributed by atoms with E-state index in [2.05, 4.69) is 16.9 Å². The van der Waals surface area contributed by atoms with E-state index < -0.39 is 0 Å². The molecule has 1 atom stereocenters. The molecular weight excluding hydrogens is 206 g/mol. The van der Waals surface area contributed by atoms with Gasteiger partial charge in [0.05, 0.1) is 6.61 Å². The van der Waals surface area contributed by atoms with Crippen LogP contribution in [0.4, 0.5) is 6.01 Å². The first kappa shape index (κ1) is 11.4. The molecule has 0 aliphatic carbocycles. The number of aliphatic hydroxyl groups is 1. The maximum atomic E-state index is 8.90. The Morgan fingerprint density at radius 3 is 3.06 bits per heavy atom. The molecule has 1 unspecified atom stereocenters. The molecule has 16 heavy (non-hydrogen) atoms. The summed E-state index contributed by atoms with van der Waals surface area (Å²) in [5.41, 5.74) is 0.588. The zero-order valence-corrected chi connectivity index (χ0v) is 9.89. The first-order valence-electron chi connectivity index (χ1n) is 5.64. The lowest BCUT2D eigenvalue weighted by Crippen LogP contribution is -2.27. The molecule has 5 heteroatoms. The molecule has 0 saturated carbocycles. The lowest BCUT2D eigenvalue weighted by Gasteiger charge is -2.18. The van der Waals surface area contributed by atoms with Crippen molar-refractivity contribution in [2.24, 2.45) is 5.92 Å².